The van der Waals surface area contributed by atoms with Crippen LogP contribution in [0.4, 0.5) is 5.13 Å². The molecule has 0 amide bonds. The predicted octanol–water partition coefficient (Wildman–Crippen LogP) is 2.76. The number of nitrogens with zero attached hydrogens (tertiary/aromatic N) is 2. The first-order chi connectivity index (χ1) is 13.1. The van der Waals surface area contributed by atoms with Gasteiger partial charge < -0.3 is 25.5 Å². The topological polar surface area (TPSA) is 94.7 Å². The van der Waals surface area contributed by atoms with Gasteiger partial charge in [-0.3, -0.25) is 0 Å². The lowest BCUT2D eigenvalue weighted by molar-refractivity contribution is 0.0437. The van der Waals surface area contributed by atoms with Crippen LogP contribution in [0.25, 0.3) is 10.2 Å². The zero-order valence-electron chi connectivity index (χ0n) is 15.5. The smallest absolute Gasteiger partial charge is 0.191 e. The Bertz CT molecular complexity index is 840. The van der Waals surface area contributed by atoms with Crippen molar-refractivity contribution in [2.24, 2.45) is 4.99 Å². The van der Waals surface area contributed by atoms with Gasteiger partial charge in [0.25, 0.3) is 0 Å². The molecule has 2 heterocycles. The summed E-state index contributed by atoms with van der Waals surface area (Å²) in [6.45, 7) is 6.00. The van der Waals surface area contributed by atoms with Crippen molar-refractivity contribution in [3.63, 3.8) is 0 Å². The highest BCUT2D eigenvalue weighted by Crippen LogP contribution is 2.25. The van der Waals surface area contributed by atoms with E-state index in [1.807, 2.05) is 25.1 Å². The number of thiazole rings is 1. The van der Waals surface area contributed by atoms with Gasteiger partial charge in [0.2, 0.25) is 0 Å². The molecule has 27 heavy (non-hydrogen) atoms. The molecule has 144 valence electrons. The Morgan fingerprint density at radius 1 is 1.22 bits per heavy atom. The van der Waals surface area contributed by atoms with Crippen LogP contribution in [0.1, 0.15) is 19.6 Å². The molecule has 1 atom stereocenters. The van der Waals surface area contributed by atoms with Gasteiger partial charge in [-0.15, -0.1) is 0 Å². The summed E-state index contributed by atoms with van der Waals surface area (Å²) in [6, 6.07) is 11.6. The lowest BCUT2D eigenvalue weighted by Gasteiger charge is -2.19. The van der Waals surface area contributed by atoms with E-state index in [1.165, 1.54) is 4.70 Å². The molecule has 4 N–H and O–H groups in total. The molecule has 0 bridgehead atoms. The van der Waals surface area contributed by atoms with Gasteiger partial charge in [-0.05, 0) is 38.1 Å². The van der Waals surface area contributed by atoms with Crippen molar-refractivity contribution in [1.29, 1.82) is 0 Å². The highest BCUT2D eigenvalue weighted by molar-refractivity contribution is 7.22. The lowest BCUT2D eigenvalue weighted by Crippen LogP contribution is -2.40. The first kappa shape index (κ1) is 19.2. The van der Waals surface area contributed by atoms with Crippen LogP contribution in [0, 0.1) is 0 Å². The Morgan fingerprint density at radius 3 is 2.81 bits per heavy atom. The third-order valence-electron chi connectivity index (χ3n) is 3.93. The van der Waals surface area contributed by atoms with Gasteiger partial charge in [-0.2, -0.15) is 0 Å². The number of fused-ring (bicyclic) bond motifs is 1. The van der Waals surface area contributed by atoms with Gasteiger partial charge in [0.1, 0.15) is 11.4 Å². The monoisotopic (exact) mass is 387 g/mol. The molecule has 0 fully saturated rings. The number of anilines is 1. The van der Waals surface area contributed by atoms with Crippen molar-refractivity contribution in [1.82, 2.24) is 15.6 Å². The van der Waals surface area contributed by atoms with Crippen molar-refractivity contribution < 1.29 is 9.52 Å². The largest absolute Gasteiger partial charge is 0.466 e. The number of aliphatic hydroxyl groups is 1. The first-order valence-electron chi connectivity index (χ1n) is 8.96. The fourth-order valence-corrected chi connectivity index (χ4v) is 3.43. The lowest BCUT2D eigenvalue weighted by atomic mass is 10.0. The van der Waals surface area contributed by atoms with E-state index in [2.05, 4.69) is 32.0 Å². The Labute approximate surface area is 162 Å². The standard InChI is InChI=1S/C19H25N5O2S/c1-3-20-17(23-13-19(2,25)16-9-6-12-26-16)21-10-11-22-18-24-14-7-4-5-8-15(14)27-18/h4-9,12,25H,3,10-11,13H2,1-2H3,(H,22,24)(H2,20,21,23). The second-order valence-electron chi connectivity index (χ2n) is 6.29. The third-order valence-corrected chi connectivity index (χ3v) is 4.92. The van der Waals surface area contributed by atoms with E-state index < -0.39 is 5.60 Å². The maximum Gasteiger partial charge on any atom is 0.191 e. The number of hydrogen-bond acceptors (Lipinski definition) is 6. The van der Waals surface area contributed by atoms with E-state index in [9.17, 15) is 5.11 Å². The summed E-state index contributed by atoms with van der Waals surface area (Å²) < 4.78 is 6.46. The molecule has 0 aliphatic rings. The number of benzene rings is 1. The molecule has 0 radical (unpaired) electrons. The van der Waals surface area contributed by atoms with Crippen molar-refractivity contribution in [2.45, 2.75) is 19.4 Å². The molecule has 3 aromatic rings. The molecule has 0 aliphatic heterocycles. The highest BCUT2D eigenvalue weighted by atomic mass is 32.1. The molecule has 1 unspecified atom stereocenters. The number of nitrogens with one attached hydrogen (secondary N) is 3. The minimum Gasteiger partial charge on any atom is -0.466 e. The molecule has 0 spiro atoms. The van der Waals surface area contributed by atoms with Crippen LogP contribution in [0.15, 0.2) is 52.1 Å². The maximum atomic E-state index is 10.5. The van der Waals surface area contributed by atoms with Gasteiger partial charge in [0.05, 0.1) is 23.0 Å². The Balaban J connectivity index is 1.50. The molecule has 7 nitrogen and oxygen atoms in total. The number of aromatic nitrogens is 1. The summed E-state index contributed by atoms with van der Waals surface area (Å²) in [5, 5.41) is 21.2. The molecule has 0 saturated heterocycles. The number of aliphatic imine (C=N–C) groups is 1. The third kappa shape index (κ3) is 5.21. The quantitative estimate of drug-likeness (QED) is 0.270. The molecule has 1 aromatic carbocycles. The number of para-hydroxylation sites is 1. The van der Waals surface area contributed by atoms with E-state index in [1.54, 1.807) is 36.7 Å². The van der Waals surface area contributed by atoms with E-state index >= 15 is 0 Å². The van der Waals surface area contributed by atoms with E-state index in [0.717, 1.165) is 17.2 Å². The summed E-state index contributed by atoms with van der Waals surface area (Å²) in [5.74, 6) is 1.15. The minimum absolute atomic E-state index is 0.196. The van der Waals surface area contributed by atoms with E-state index in [-0.39, 0.29) is 6.54 Å². The van der Waals surface area contributed by atoms with Crippen LogP contribution in [0.3, 0.4) is 0 Å². The van der Waals surface area contributed by atoms with E-state index in [0.29, 0.717) is 24.8 Å². The van der Waals surface area contributed by atoms with E-state index in [4.69, 9.17) is 4.42 Å². The summed E-state index contributed by atoms with van der Waals surface area (Å²) in [6.07, 6.45) is 1.55. The number of hydrogen-bond donors (Lipinski definition) is 4. The van der Waals surface area contributed by atoms with Crippen LogP contribution in [-0.4, -0.2) is 42.2 Å². The van der Waals surface area contributed by atoms with Crippen molar-refractivity contribution in [3.8, 4) is 0 Å². The fraction of sp³-hybridized carbons (Fsp3) is 0.368. The normalized spacial score (nSPS) is 14.1. The number of furan rings is 1. The number of rotatable bonds is 8. The average Bonchev–Trinajstić information content (AvgIpc) is 3.32. The van der Waals surface area contributed by atoms with Crippen molar-refractivity contribution >= 4 is 32.6 Å². The summed E-state index contributed by atoms with van der Waals surface area (Å²) in [4.78, 5) is 9.02. The van der Waals surface area contributed by atoms with Crippen LogP contribution in [0.5, 0.6) is 0 Å². The van der Waals surface area contributed by atoms with Crippen LogP contribution in [0.2, 0.25) is 0 Å². The minimum atomic E-state index is -1.15. The highest BCUT2D eigenvalue weighted by Gasteiger charge is 2.26. The Kier molecular flexibility index (Phi) is 6.31. The summed E-state index contributed by atoms with van der Waals surface area (Å²) >= 11 is 1.64. The second-order valence-corrected chi connectivity index (χ2v) is 7.32. The van der Waals surface area contributed by atoms with Crippen LogP contribution >= 0.6 is 11.3 Å². The van der Waals surface area contributed by atoms with Gasteiger partial charge in [-0.25, -0.2) is 9.98 Å². The maximum absolute atomic E-state index is 10.5. The fourth-order valence-electron chi connectivity index (χ4n) is 2.54. The molecule has 3 rings (SSSR count). The van der Waals surface area contributed by atoms with Crippen molar-refractivity contribution in [2.75, 3.05) is 31.5 Å². The van der Waals surface area contributed by atoms with Crippen LogP contribution < -0.4 is 16.0 Å². The van der Waals surface area contributed by atoms with Gasteiger partial charge >= 0.3 is 0 Å². The Hall–Kier alpha value is -2.58. The Morgan fingerprint density at radius 2 is 2.07 bits per heavy atom. The molecule has 2 aromatic heterocycles. The zero-order valence-corrected chi connectivity index (χ0v) is 16.3. The number of guanidine groups is 1. The SMILES string of the molecule is CCNC(=NCC(C)(O)c1ccco1)NCCNc1nc2ccccc2s1. The van der Waals surface area contributed by atoms with Gasteiger partial charge in [0.15, 0.2) is 11.1 Å². The molecule has 8 heteroatoms. The second kappa shape index (κ2) is 8.88. The van der Waals surface area contributed by atoms with Crippen molar-refractivity contribution in [3.05, 3.63) is 48.4 Å². The summed E-state index contributed by atoms with van der Waals surface area (Å²) in [5.41, 5.74) is -0.140. The summed E-state index contributed by atoms with van der Waals surface area (Å²) in [7, 11) is 0. The predicted molar refractivity (Wildman–Crippen MR) is 110 cm³/mol. The molecular formula is C19H25N5O2S. The molecule has 0 aliphatic carbocycles. The molecular weight excluding hydrogens is 362 g/mol. The molecule has 0 saturated carbocycles. The van der Waals surface area contributed by atoms with Gasteiger partial charge in [-0.1, -0.05) is 23.5 Å². The average molecular weight is 388 g/mol. The van der Waals surface area contributed by atoms with Gasteiger partial charge in [0, 0.05) is 19.6 Å². The zero-order chi connectivity index (χ0) is 19.1. The first-order valence-corrected chi connectivity index (χ1v) is 9.78. The van der Waals surface area contributed by atoms with Crippen LogP contribution in [-0.2, 0) is 5.60 Å².